The third-order valence-corrected chi connectivity index (χ3v) is 6.92. The van der Waals surface area contributed by atoms with Gasteiger partial charge in [-0.15, -0.1) is 0 Å². The molecule has 26 heavy (non-hydrogen) atoms. The summed E-state index contributed by atoms with van der Waals surface area (Å²) in [5.41, 5.74) is 0. The van der Waals surface area contributed by atoms with E-state index < -0.39 is 21.9 Å². The highest BCUT2D eigenvalue weighted by Gasteiger charge is 2.31. The molecule has 2 rings (SSSR count). The minimum absolute atomic E-state index is 0.0988. The Kier molecular flexibility index (Phi) is 7.88. The van der Waals surface area contributed by atoms with Gasteiger partial charge in [-0.2, -0.15) is 0 Å². The van der Waals surface area contributed by atoms with Gasteiger partial charge in [-0.25, -0.2) is 13.1 Å². The molecule has 0 aromatic heterocycles. The summed E-state index contributed by atoms with van der Waals surface area (Å²) in [7, 11) is -3.53. The van der Waals surface area contributed by atoms with E-state index in [0.717, 1.165) is 32.1 Å². The molecule has 1 aliphatic carbocycles. The first-order chi connectivity index (χ1) is 12.3. The lowest BCUT2D eigenvalue weighted by Gasteiger charge is -2.32. The van der Waals surface area contributed by atoms with Crippen LogP contribution >= 0.6 is 11.6 Å². The summed E-state index contributed by atoms with van der Waals surface area (Å²) >= 11 is 5.78. The lowest BCUT2D eigenvalue weighted by Crippen LogP contribution is -2.30. The maximum absolute atomic E-state index is 12.2. The predicted molar refractivity (Wildman–Crippen MR) is 99.5 cm³/mol. The minimum Gasteiger partial charge on any atom is -0.481 e. The van der Waals surface area contributed by atoms with E-state index in [1.54, 1.807) is 12.1 Å². The maximum atomic E-state index is 12.2. The average molecular weight is 404 g/mol. The van der Waals surface area contributed by atoms with E-state index in [-0.39, 0.29) is 17.4 Å². The number of nitrogens with one attached hydrogen (secondary N) is 1. The number of rotatable bonds is 9. The minimum atomic E-state index is -3.53. The van der Waals surface area contributed by atoms with E-state index >= 15 is 0 Å². The van der Waals surface area contributed by atoms with Gasteiger partial charge in [0.2, 0.25) is 10.0 Å². The van der Waals surface area contributed by atoms with Crippen LogP contribution in [0.25, 0.3) is 0 Å². The Labute approximate surface area is 159 Å². The molecule has 0 radical (unpaired) electrons. The molecule has 1 aromatic carbocycles. The van der Waals surface area contributed by atoms with Gasteiger partial charge in [-0.1, -0.05) is 24.4 Å². The van der Waals surface area contributed by atoms with E-state index in [1.165, 1.54) is 12.1 Å². The molecule has 8 heteroatoms. The Morgan fingerprint density at radius 1 is 1.19 bits per heavy atom. The van der Waals surface area contributed by atoms with Crippen molar-refractivity contribution in [3.8, 4) is 0 Å². The van der Waals surface area contributed by atoms with Crippen molar-refractivity contribution in [2.45, 2.75) is 43.4 Å². The SMILES string of the molecule is O=C(O)C(CCO)C1CCC(CCNS(=O)(=O)c2ccc(Cl)cc2)CC1. The summed E-state index contributed by atoms with van der Waals surface area (Å²) in [5, 5.41) is 18.8. The Hall–Kier alpha value is -1.15. The molecule has 0 spiro atoms. The second-order valence-electron chi connectivity index (χ2n) is 6.88. The Morgan fingerprint density at radius 3 is 2.35 bits per heavy atom. The molecule has 0 amide bonds. The van der Waals surface area contributed by atoms with Crippen LogP contribution < -0.4 is 4.72 Å². The van der Waals surface area contributed by atoms with Crippen LogP contribution in [0, 0.1) is 17.8 Å². The molecule has 3 N–H and O–H groups in total. The van der Waals surface area contributed by atoms with Crippen molar-refractivity contribution in [3.63, 3.8) is 0 Å². The number of aliphatic hydroxyl groups is 1. The fourth-order valence-electron chi connectivity index (χ4n) is 3.67. The molecular weight excluding hydrogens is 378 g/mol. The molecule has 6 nitrogen and oxygen atoms in total. The molecule has 0 aliphatic heterocycles. The predicted octanol–water partition coefficient (Wildman–Crippen LogP) is 2.90. The van der Waals surface area contributed by atoms with Crippen LogP contribution in [-0.4, -0.2) is 37.8 Å². The highest BCUT2D eigenvalue weighted by atomic mass is 35.5. The number of benzene rings is 1. The van der Waals surface area contributed by atoms with Crippen molar-refractivity contribution in [1.29, 1.82) is 0 Å². The Bertz CT molecular complexity index is 684. The fraction of sp³-hybridized carbons (Fsp3) is 0.611. The van der Waals surface area contributed by atoms with Gasteiger partial charge in [0.15, 0.2) is 0 Å². The van der Waals surface area contributed by atoms with E-state index in [1.807, 2.05) is 0 Å². The van der Waals surface area contributed by atoms with E-state index in [0.29, 0.717) is 23.9 Å². The summed E-state index contributed by atoms with van der Waals surface area (Å²) in [6, 6.07) is 6.04. The number of carbonyl (C=O) groups is 1. The summed E-state index contributed by atoms with van der Waals surface area (Å²) in [6.07, 6.45) is 4.44. The molecule has 1 saturated carbocycles. The van der Waals surface area contributed by atoms with Gasteiger partial charge in [0.05, 0.1) is 10.8 Å². The molecule has 1 aliphatic rings. The molecule has 146 valence electrons. The second-order valence-corrected chi connectivity index (χ2v) is 9.08. The van der Waals surface area contributed by atoms with Gasteiger partial charge in [0.25, 0.3) is 0 Å². The first-order valence-corrected chi connectivity index (χ1v) is 10.8. The summed E-state index contributed by atoms with van der Waals surface area (Å²) in [6.45, 7) is 0.253. The van der Waals surface area contributed by atoms with Gasteiger partial charge in [-0.3, -0.25) is 4.79 Å². The van der Waals surface area contributed by atoms with Crippen LogP contribution in [0.2, 0.25) is 5.02 Å². The first kappa shape index (κ1) is 21.2. The zero-order chi connectivity index (χ0) is 19.2. The molecule has 1 fully saturated rings. The maximum Gasteiger partial charge on any atom is 0.306 e. The van der Waals surface area contributed by atoms with Crippen LogP contribution in [-0.2, 0) is 14.8 Å². The van der Waals surface area contributed by atoms with Crippen molar-refractivity contribution in [1.82, 2.24) is 4.72 Å². The number of sulfonamides is 1. The largest absolute Gasteiger partial charge is 0.481 e. The van der Waals surface area contributed by atoms with Crippen LogP contribution in [0.15, 0.2) is 29.2 Å². The molecule has 1 unspecified atom stereocenters. The van der Waals surface area contributed by atoms with Gasteiger partial charge in [0.1, 0.15) is 0 Å². The summed E-state index contributed by atoms with van der Waals surface area (Å²) in [5.74, 6) is -0.827. The highest BCUT2D eigenvalue weighted by molar-refractivity contribution is 7.89. The van der Waals surface area contributed by atoms with E-state index in [2.05, 4.69) is 4.72 Å². The summed E-state index contributed by atoms with van der Waals surface area (Å²) < 4.78 is 27.1. The van der Waals surface area contributed by atoms with Crippen LogP contribution in [0.1, 0.15) is 38.5 Å². The van der Waals surface area contributed by atoms with Crippen molar-refractivity contribution >= 4 is 27.6 Å². The zero-order valence-electron chi connectivity index (χ0n) is 14.6. The van der Waals surface area contributed by atoms with Crippen molar-refractivity contribution in [2.24, 2.45) is 17.8 Å². The van der Waals surface area contributed by atoms with Crippen LogP contribution in [0.5, 0.6) is 0 Å². The quantitative estimate of drug-likeness (QED) is 0.588. The van der Waals surface area contributed by atoms with Crippen molar-refractivity contribution < 1.29 is 23.4 Å². The van der Waals surface area contributed by atoms with Crippen LogP contribution in [0.4, 0.5) is 0 Å². The van der Waals surface area contributed by atoms with Gasteiger partial charge in [0, 0.05) is 18.2 Å². The number of aliphatic hydroxyl groups excluding tert-OH is 1. The highest BCUT2D eigenvalue weighted by Crippen LogP contribution is 2.36. The smallest absolute Gasteiger partial charge is 0.306 e. The van der Waals surface area contributed by atoms with Crippen LogP contribution in [0.3, 0.4) is 0 Å². The fourth-order valence-corrected chi connectivity index (χ4v) is 4.85. The zero-order valence-corrected chi connectivity index (χ0v) is 16.2. The Morgan fingerprint density at radius 2 is 1.81 bits per heavy atom. The normalized spacial score (nSPS) is 22.1. The second kappa shape index (κ2) is 9.69. The lowest BCUT2D eigenvalue weighted by molar-refractivity contribution is -0.145. The number of hydrogen-bond donors (Lipinski definition) is 3. The van der Waals surface area contributed by atoms with Crippen molar-refractivity contribution in [2.75, 3.05) is 13.2 Å². The van der Waals surface area contributed by atoms with E-state index in [9.17, 15) is 18.3 Å². The third-order valence-electron chi connectivity index (χ3n) is 5.19. The molecule has 1 aromatic rings. The molecule has 0 bridgehead atoms. The topological polar surface area (TPSA) is 104 Å². The molecule has 0 saturated heterocycles. The molecular formula is C18H26ClNO5S. The summed E-state index contributed by atoms with van der Waals surface area (Å²) in [4.78, 5) is 11.5. The number of hydrogen-bond acceptors (Lipinski definition) is 4. The number of aliphatic carboxylic acids is 1. The number of carboxylic acid groups (broad SMARTS) is 1. The number of carboxylic acids is 1. The van der Waals surface area contributed by atoms with Gasteiger partial charge < -0.3 is 10.2 Å². The molecule has 0 heterocycles. The first-order valence-electron chi connectivity index (χ1n) is 8.92. The van der Waals surface area contributed by atoms with Crippen molar-refractivity contribution in [3.05, 3.63) is 29.3 Å². The standard InChI is InChI=1S/C18H26ClNO5S/c19-15-5-7-16(8-6-15)26(24,25)20-11-9-13-1-3-14(4-2-13)17(10-12-21)18(22)23/h5-8,13-14,17,20-21H,1-4,9-12H2,(H,22,23). The molecule has 1 atom stereocenters. The van der Waals surface area contributed by atoms with E-state index in [4.69, 9.17) is 16.7 Å². The van der Waals surface area contributed by atoms with Gasteiger partial charge >= 0.3 is 5.97 Å². The average Bonchev–Trinajstić information content (AvgIpc) is 2.60. The van der Waals surface area contributed by atoms with Gasteiger partial charge in [-0.05, 0) is 61.8 Å². The lowest BCUT2D eigenvalue weighted by atomic mass is 9.74. The number of halogens is 1. The third kappa shape index (κ3) is 5.94. The monoisotopic (exact) mass is 403 g/mol. The Balaban J connectivity index is 1.78.